The topological polar surface area (TPSA) is 113 Å². The molecule has 0 saturated heterocycles. The highest BCUT2D eigenvalue weighted by molar-refractivity contribution is 6.07. The van der Waals surface area contributed by atoms with Crippen LogP contribution in [0.15, 0.2) is 23.7 Å². The summed E-state index contributed by atoms with van der Waals surface area (Å²) in [6.45, 7) is 0.593. The van der Waals surface area contributed by atoms with E-state index in [4.69, 9.17) is 15.9 Å². The summed E-state index contributed by atoms with van der Waals surface area (Å²) in [5.41, 5.74) is 5.18. The third-order valence-electron chi connectivity index (χ3n) is 1.89. The van der Waals surface area contributed by atoms with Gasteiger partial charge in [-0.3, -0.25) is 9.59 Å². The van der Waals surface area contributed by atoms with Crippen LogP contribution in [0.1, 0.15) is 0 Å². The second kappa shape index (κ2) is 4.61. The lowest BCUT2D eigenvalue weighted by Crippen LogP contribution is -2.34. The number of rotatable bonds is 3. The van der Waals surface area contributed by atoms with Gasteiger partial charge in [-0.1, -0.05) is 0 Å². The molecule has 1 amide bonds. The maximum atomic E-state index is 11.4. The number of amides is 1. The first-order valence-electron chi connectivity index (χ1n) is 4.40. The Balaban J connectivity index is 2.72. The van der Waals surface area contributed by atoms with Gasteiger partial charge in [0.2, 0.25) is 5.91 Å². The molecule has 6 heteroatoms. The first kappa shape index (κ1) is 11.3. The summed E-state index contributed by atoms with van der Waals surface area (Å²) >= 11 is 0. The fourth-order valence-corrected chi connectivity index (χ4v) is 1.14. The van der Waals surface area contributed by atoms with Gasteiger partial charge in [-0.15, -0.1) is 0 Å². The molecule has 6 nitrogen and oxygen atoms in total. The number of carbonyl (C=O) groups excluding carboxylic acids is 2. The Bertz CT molecular complexity index is 324. The molecule has 0 aliphatic heterocycles. The van der Waals surface area contributed by atoms with E-state index < -0.39 is 29.1 Å². The predicted octanol–water partition coefficient (Wildman–Crippen LogP) is -0.856. The van der Waals surface area contributed by atoms with Gasteiger partial charge in [0, 0.05) is 13.1 Å². The van der Waals surface area contributed by atoms with Crippen LogP contribution in [0.5, 0.6) is 0 Å². The molecule has 0 aromatic carbocycles. The minimum atomic E-state index is -0.877. The Morgan fingerprint density at radius 3 is 2.40 bits per heavy atom. The number of Topliss-reactive ketones (excluding diaryl/α,β-unsaturated/α-hetero) is 1. The van der Waals surface area contributed by atoms with Crippen LogP contribution in [0, 0.1) is 5.92 Å². The van der Waals surface area contributed by atoms with E-state index in [9.17, 15) is 9.59 Å². The molecule has 0 fully saturated rings. The van der Waals surface area contributed by atoms with E-state index in [0.717, 1.165) is 12.2 Å². The van der Waals surface area contributed by atoms with Crippen molar-refractivity contribution in [2.45, 2.75) is 0 Å². The van der Waals surface area contributed by atoms with Crippen molar-refractivity contribution in [3.8, 4) is 0 Å². The Kier molecular flexibility index (Phi) is 3.46. The Morgan fingerprint density at radius 2 is 1.93 bits per heavy atom. The van der Waals surface area contributed by atoms with E-state index in [2.05, 4.69) is 5.32 Å². The van der Waals surface area contributed by atoms with Gasteiger partial charge in [0.15, 0.2) is 11.5 Å². The number of nitrogens with one attached hydrogen (secondary N) is 1. The summed E-state index contributed by atoms with van der Waals surface area (Å²) in [6, 6.07) is 0. The third-order valence-corrected chi connectivity index (χ3v) is 1.89. The van der Waals surface area contributed by atoms with Crippen LogP contribution in [0.25, 0.3) is 0 Å². The second-order valence-electron chi connectivity index (χ2n) is 3.04. The maximum Gasteiger partial charge on any atom is 0.260 e. The van der Waals surface area contributed by atoms with Crippen molar-refractivity contribution in [3.05, 3.63) is 23.7 Å². The van der Waals surface area contributed by atoms with Gasteiger partial charge < -0.3 is 21.3 Å². The molecule has 82 valence electrons. The molecule has 0 unspecified atom stereocenters. The highest BCUT2D eigenvalue weighted by Crippen LogP contribution is 2.16. The molecule has 0 atom stereocenters. The van der Waals surface area contributed by atoms with Gasteiger partial charge in [0.1, 0.15) is 0 Å². The average Bonchev–Trinajstić information content (AvgIpc) is 2.21. The number of hydrogen-bond acceptors (Lipinski definition) is 5. The standard InChI is InChI=1S/C9H12N2O4/c10-1-2-11-9(15)5-3-6(12)8(14)7(13)4-5/h3-5,12-13H,1-2,10H2,(H,11,15). The Labute approximate surface area is 86.1 Å². The van der Waals surface area contributed by atoms with Crippen molar-refractivity contribution in [2.24, 2.45) is 11.7 Å². The van der Waals surface area contributed by atoms with E-state index in [0.29, 0.717) is 13.1 Å². The number of aliphatic hydroxyl groups is 2. The number of nitrogens with two attached hydrogens (primary N) is 1. The zero-order valence-electron chi connectivity index (χ0n) is 7.93. The van der Waals surface area contributed by atoms with E-state index in [-0.39, 0.29) is 0 Å². The van der Waals surface area contributed by atoms with Gasteiger partial charge in [-0.05, 0) is 12.2 Å². The first-order valence-corrected chi connectivity index (χ1v) is 4.40. The lowest BCUT2D eigenvalue weighted by atomic mass is 9.99. The third kappa shape index (κ3) is 2.57. The smallest absolute Gasteiger partial charge is 0.260 e. The van der Waals surface area contributed by atoms with Crippen molar-refractivity contribution in [1.82, 2.24) is 5.32 Å². The van der Waals surface area contributed by atoms with Crippen molar-refractivity contribution in [2.75, 3.05) is 13.1 Å². The molecule has 0 aromatic heterocycles. The van der Waals surface area contributed by atoms with Crippen LogP contribution < -0.4 is 11.1 Å². The maximum absolute atomic E-state index is 11.4. The van der Waals surface area contributed by atoms with Gasteiger partial charge in [0.05, 0.1) is 5.92 Å². The zero-order valence-corrected chi connectivity index (χ0v) is 7.93. The van der Waals surface area contributed by atoms with Crippen LogP contribution in [-0.2, 0) is 9.59 Å². The number of aliphatic hydroxyl groups excluding tert-OH is 2. The van der Waals surface area contributed by atoms with Gasteiger partial charge >= 0.3 is 0 Å². The minimum Gasteiger partial charge on any atom is -0.504 e. The molecule has 0 aromatic rings. The number of hydrogen-bond donors (Lipinski definition) is 4. The van der Waals surface area contributed by atoms with Crippen LogP contribution in [-0.4, -0.2) is 35.0 Å². The van der Waals surface area contributed by atoms with Crippen LogP contribution in [0.3, 0.4) is 0 Å². The molecular formula is C9H12N2O4. The van der Waals surface area contributed by atoms with Crippen molar-refractivity contribution < 1.29 is 19.8 Å². The Hall–Kier alpha value is -1.82. The lowest BCUT2D eigenvalue weighted by molar-refractivity contribution is -0.122. The average molecular weight is 212 g/mol. The first-order chi connectivity index (χ1) is 7.06. The van der Waals surface area contributed by atoms with Crippen LogP contribution >= 0.6 is 0 Å². The van der Waals surface area contributed by atoms with Crippen molar-refractivity contribution >= 4 is 11.7 Å². The molecular weight excluding hydrogens is 200 g/mol. The van der Waals surface area contributed by atoms with Crippen LogP contribution in [0.4, 0.5) is 0 Å². The van der Waals surface area contributed by atoms with Gasteiger partial charge in [0.25, 0.3) is 5.78 Å². The SMILES string of the molecule is NCCNC(=O)C1C=C(O)C(=O)C(O)=C1. The monoisotopic (exact) mass is 212 g/mol. The number of carbonyl (C=O) groups is 2. The highest BCUT2D eigenvalue weighted by Gasteiger charge is 2.25. The van der Waals surface area contributed by atoms with Gasteiger partial charge in [-0.25, -0.2) is 0 Å². The molecule has 0 saturated carbocycles. The second-order valence-corrected chi connectivity index (χ2v) is 3.04. The lowest BCUT2D eigenvalue weighted by Gasteiger charge is -2.13. The quantitative estimate of drug-likeness (QED) is 0.486. The predicted molar refractivity (Wildman–Crippen MR) is 52.0 cm³/mol. The van der Waals surface area contributed by atoms with E-state index in [1.165, 1.54) is 0 Å². The largest absolute Gasteiger partial charge is 0.504 e. The zero-order chi connectivity index (χ0) is 11.4. The summed E-state index contributed by atoms with van der Waals surface area (Å²) in [7, 11) is 0. The Morgan fingerprint density at radius 1 is 1.40 bits per heavy atom. The molecule has 1 aliphatic rings. The summed E-state index contributed by atoms with van der Waals surface area (Å²) in [5.74, 6) is -3.39. The molecule has 5 N–H and O–H groups in total. The molecule has 0 radical (unpaired) electrons. The summed E-state index contributed by atoms with van der Waals surface area (Å²) in [4.78, 5) is 22.3. The summed E-state index contributed by atoms with van der Waals surface area (Å²) in [5, 5.41) is 20.7. The fourth-order valence-electron chi connectivity index (χ4n) is 1.14. The molecule has 1 aliphatic carbocycles. The molecule has 0 spiro atoms. The van der Waals surface area contributed by atoms with E-state index in [1.807, 2.05) is 0 Å². The molecule has 0 bridgehead atoms. The summed E-state index contributed by atoms with van der Waals surface area (Å²) < 4.78 is 0. The van der Waals surface area contributed by atoms with Crippen LogP contribution in [0.2, 0.25) is 0 Å². The van der Waals surface area contributed by atoms with E-state index in [1.54, 1.807) is 0 Å². The molecule has 0 heterocycles. The normalized spacial score (nSPS) is 17.0. The van der Waals surface area contributed by atoms with Crippen molar-refractivity contribution in [3.63, 3.8) is 0 Å². The fraction of sp³-hybridized carbons (Fsp3) is 0.333. The molecule has 1 rings (SSSR count). The minimum absolute atomic E-state index is 0.294. The van der Waals surface area contributed by atoms with Crippen molar-refractivity contribution in [1.29, 1.82) is 0 Å². The van der Waals surface area contributed by atoms with Gasteiger partial charge in [-0.2, -0.15) is 0 Å². The number of ketones is 1. The van der Waals surface area contributed by atoms with E-state index >= 15 is 0 Å². The summed E-state index contributed by atoms with van der Waals surface area (Å²) in [6.07, 6.45) is 2.15. The highest BCUT2D eigenvalue weighted by atomic mass is 16.3. The molecule has 15 heavy (non-hydrogen) atoms.